The molecule has 5 rings (SSSR count). The molecule has 150 valence electrons. The molecule has 2 nitrogen and oxygen atoms in total. The first kappa shape index (κ1) is 18.6. The lowest BCUT2D eigenvalue weighted by Gasteiger charge is -2.35. The molecular formula is C23H20F4N2. The Balaban J connectivity index is 1.53. The predicted molar refractivity (Wildman–Crippen MR) is 105 cm³/mol. The van der Waals surface area contributed by atoms with Crippen LogP contribution in [0.5, 0.6) is 0 Å². The van der Waals surface area contributed by atoms with E-state index in [1.807, 2.05) is 0 Å². The van der Waals surface area contributed by atoms with E-state index in [-0.39, 0.29) is 17.2 Å². The third-order valence-electron chi connectivity index (χ3n) is 6.34. The van der Waals surface area contributed by atoms with Crippen molar-refractivity contribution in [3.05, 3.63) is 65.4 Å². The van der Waals surface area contributed by atoms with Gasteiger partial charge in [0.25, 0.3) is 0 Å². The van der Waals surface area contributed by atoms with Gasteiger partial charge in [-0.25, -0.2) is 0 Å². The molecule has 0 N–H and O–H groups in total. The molecule has 3 aliphatic rings. The Hall–Kier alpha value is -2.47. The van der Waals surface area contributed by atoms with E-state index < -0.39 is 23.0 Å². The molecule has 2 heterocycles. The highest BCUT2D eigenvalue weighted by Gasteiger charge is 2.62. The minimum Gasteiger partial charge on any atom is -0.298 e. The van der Waals surface area contributed by atoms with Gasteiger partial charge in [-0.05, 0) is 54.8 Å². The maximum atomic E-state index is 14.9. The average molecular weight is 400 g/mol. The third-order valence-corrected chi connectivity index (χ3v) is 6.34. The Kier molecular flexibility index (Phi) is 4.01. The van der Waals surface area contributed by atoms with Crippen molar-refractivity contribution in [3.8, 4) is 11.1 Å². The smallest absolute Gasteiger partial charge is 0.298 e. The summed E-state index contributed by atoms with van der Waals surface area (Å²) in [6, 6.07) is 10.3. The molecule has 1 saturated heterocycles. The van der Waals surface area contributed by atoms with Gasteiger partial charge >= 0.3 is 11.8 Å². The molecule has 1 unspecified atom stereocenters. The number of hydrogen-bond donors (Lipinski definition) is 0. The third kappa shape index (κ3) is 2.61. The molecule has 29 heavy (non-hydrogen) atoms. The van der Waals surface area contributed by atoms with Crippen LogP contribution in [0.3, 0.4) is 0 Å². The second kappa shape index (κ2) is 6.26. The molecular weight excluding hydrogens is 380 g/mol. The van der Waals surface area contributed by atoms with Crippen LogP contribution in [0.1, 0.15) is 36.0 Å². The van der Waals surface area contributed by atoms with Crippen molar-refractivity contribution in [2.75, 3.05) is 13.6 Å². The van der Waals surface area contributed by atoms with Crippen LogP contribution in [0.25, 0.3) is 16.7 Å². The van der Waals surface area contributed by atoms with Crippen LogP contribution in [-0.4, -0.2) is 30.2 Å². The fourth-order valence-electron chi connectivity index (χ4n) is 4.73. The normalized spacial score (nSPS) is 24.7. The monoisotopic (exact) mass is 400 g/mol. The van der Waals surface area contributed by atoms with Crippen LogP contribution in [0.4, 0.5) is 17.6 Å². The molecule has 0 aromatic heterocycles. The first-order valence-electron chi connectivity index (χ1n) is 9.77. The zero-order valence-corrected chi connectivity index (χ0v) is 15.9. The lowest BCUT2D eigenvalue weighted by molar-refractivity contribution is -0.225. The van der Waals surface area contributed by atoms with Crippen LogP contribution in [0.15, 0.2) is 53.7 Å². The van der Waals surface area contributed by atoms with E-state index in [4.69, 9.17) is 0 Å². The maximum Gasteiger partial charge on any atom is 0.340 e. The van der Waals surface area contributed by atoms with Gasteiger partial charge < -0.3 is 0 Å². The molecule has 2 aromatic carbocycles. The van der Waals surface area contributed by atoms with Gasteiger partial charge in [-0.15, -0.1) is 0 Å². The number of likely N-dealkylation sites (tertiary alicyclic amines) is 1. The van der Waals surface area contributed by atoms with E-state index in [9.17, 15) is 17.6 Å². The number of aliphatic imine (C=N–C) groups is 1. The molecule has 1 fully saturated rings. The minimum atomic E-state index is -4.28. The van der Waals surface area contributed by atoms with Crippen molar-refractivity contribution >= 4 is 11.3 Å². The lowest BCUT2D eigenvalue weighted by Crippen LogP contribution is -2.39. The summed E-state index contributed by atoms with van der Waals surface area (Å²) in [7, 11) is 2.05. The van der Waals surface area contributed by atoms with E-state index in [0.29, 0.717) is 12.0 Å². The quantitative estimate of drug-likeness (QED) is 0.579. The Morgan fingerprint density at radius 1 is 0.966 bits per heavy atom. The van der Waals surface area contributed by atoms with Crippen LogP contribution >= 0.6 is 0 Å². The molecule has 2 aromatic rings. The highest BCUT2D eigenvalue weighted by molar-refractivity contribution is 6.01. The van der Waals surface area contributed by atoms with Gasteiger partial charge in [0.15, 0.2) is 0 Å². The van der Waals surface area contributed by atoms with E-state index >= 15 is 0 Å². The van der Waals surface area contributed by atoms with E-state index in [1.54, 1.807) is 18.3 Å². The Morgan fingerprint density at radius 2 is 1.69 bits per heavy atom. The Labute approximate surface area is 166 Å². The number of nitrogens with zero attached hydrogens (tertiary/aromatic N) is 2. The summed E-state index contributed by atoms with van der Waals surface area (Å²) in [5, 5.41) is 0. The number of benzene rings is 2. The number of hydrogen-bond acceptors (Lipinski definition) is 2. The van der Waals surface area contributed by atoms with Gasteiger partial charge in [0.1, 0.15) is 0 Å². The molecule has 0 saturated carbocycles. The molecule has 1 aliphatic carbocycles. The number of rotatable bonds is 2. The topological polar surface area (TPSA) is 15.6 Å². The van der Waals surface area contributed by atoms with Crippen molar-refractivity contribution in [1.82, 2.24) is 4.90 Å². The first-order valence-corrected chi connectivity index (χ1v) is 9.77. The van der Waals surface area contributed by atoms with Crippen LogP contribution < -0.4 is 0 Å². The molecule has 0 spiro atoms. The second-order valence-corrected chi connectivity index (χ2v) is 8.04. The molecule has 0 amide bonds. The van der Waals surface area contributed by atoms with Crippen molar-refractivity contribution in [2.45, 2.75) is 37.1 Å². The summed E-state index contributed by atoms with van der Waals surface area (Å²) in [4.78, 5) is 6.76. The summed E-state index contributed by atoms with van der Waals surface area (Å²) >= 11 is 0. The standard InChI is InChI=1S/C23H20F4N2/c1-29-10-4-7-21(29)20-12-15(13-28-20)14-8-9-17-16-5-2-3-6-18(16)22(24,25)23(26,27)19(17)11-14/h2-3,5-6,8-9,11,13,21H,4,7,10,12H2,1H3. The van der Waals surface area contributed by atoms with Gasteiger partial charge in [-0.1, -0.05) is 36.4 Å². The highest BCUT2D eigenvalue weighted by atomic mass is 19.3. The van der Waals surface area contributed by atoms with Gasteiger partial charge in [0.2, 0.25) is 0 Å². The molecule has 1 atom stereocenters. The predicted octanol–water partition coefficient (Wildman–Crippen LogP) is 5.83. The summed E-state index contributed by atoms with van der Waals surface area (Å²) in [5.74, 6) is -8.53. The average Bonchev–Trinajstić information content (AvgIpc) is 3.35. The van der Waals surface area contributed by atoms with Crippen molar-refractivity contribution < 1.29 is 17.6 Å². The van der Waals surface area contributed by atoms with Crippen LogP contribution in [0.2, 0.25) is 0 Å². The lowest BCUT2D eigenvalue weighted by atomic mass is 9.79. The van der Waals surface area contributed by atoms with Crippen molar-refractivity contribution in [1.29, 1.82) is 0 Å². The molecule has 2 aliphatic heterocycles. The van der Waals surface area contributed by atoms with Crippen LogP contribution in [0, 0.1) is 0 Å². The summed E-state index contributed by atoms with van der Waals surface area (Å²) in [6.07, 6.45) is 4.39. The summed E-state index contributed by atoms with van der Waals surface area (Å²) in [5.41, 5.74) is 1.41. The van der Waals surface area contributed by atoms with Gasteiger partial charge in [0.05, 0.1) is 0 Å². The number of halogens is 4. The Bertz CT molecular complexity index is 1050. The number of alkyl halides is 4. The van der Waals surface area contributed by atoms with Crippen molar-refractivity contribution in [3.63, 3.8) is 0 Å². The summed E-state index contributed by atoms with van der Waals surface area (Å²) in [6.45, 7) is 1.01. The van der Waals surface area contributed by atoms with E-state index in [0.717, 1.165) is 36.7 Å². The fraction of sp³-hybridized carbons (Fsp3) is 0.348. The van der Waals surface area contributed by atoms with Gasteiger partial charge in [-0.2, -0.15) is 17.6 Å². The van der Waals surface area contributed by atoms with Crippen LogP contribution in [-0.2, 0) is 11.8 Å². The zero-order chi connectivity index (χ0) is 20.4. The Morgan fingerprint density at radius 3 is 2.45 bits per heavy atom. The van der Waals surface area contributed by atoms with E-state index in [2.05, 4.69) is 16.9 Å². The first-order chi connectivity index (χ1) is 13.8. The second-order valence-electron chi connectivity index (χ2n) is 8.04. The van der Waals surface area contributed by atoms with Gasteiger partial charge in [0, 0.05) is 35.5 Å². The largest absolute Gasteiger partial charge is 0.340 e. The number of allylic oxidation sites excluding steroid dienone is 1. The SMILES string of the molecule is CN1CCCC1C1=NC=C(c2ccc3c(c2)C(F)(F)C(F)(F)c2ccccc2-3)C1. The molecule has 6 heteroatoms. The van der Waals surface area contributed by atoms with E-state index in [1.165, 1.54) is 24.3 Å². The minimum absolute atomic E-state index is 0.162. The maximum absolute atomic E-state index is 14.9. The fourth-order valence-corrected chi connectivity index (χ4v) is 4.73. The molecule has 0 radical (unpaired) electrons. The molecule has 0 bridgehead atoms. The zero-order valence-electron chi connectivity index (χ0n) is 15.9. The summed E-state index contributed by atoms with van der Waals surface area (Å²) < 4.78 is 59.1. The van der Waals surface area contributed by atoms with Crippen molar-refractivity contribution in [2.24, 2.45) is 4.99 Å². The number of fused-ring (bicyclic) bond motifs is 3. The highest BCUT2D eigenvalue weighted by Crippen LogP contribution is 2.58. The van der Waals surface area contributed by atoms with Gasteiger partial charge in [-0.3, -0.25) is 9.89 Å².